The van der Waals surface area contributed by atoms with Gasteiger partial charge in [0, 0.05) is 58.6 Å². The molecule has 1 saturated carbocycles. The van der Waals surface area contributed by atoms with Crippen LogP contribution in [0, 0.1) is 5.41 Å². The van der Waals surface area contributed by atoms with Crippen LogP contribution in [0.15, 0.2) is 24.4 Å². The standard InChI is InChI=1S/C19H25N5O3/c25-15-21-7-9-23(10-8-21)17(26)19(4-5-19)18(27)24-13-11-22(12-14-24)16-3-1-2-6-20-16/h1-3,6,15H,4-5,7-14H2. The highest BCUT2D eigenvalue weighted by atomic mass is 16.2. The van der Waals surface area contributed by atoms with Gasteiger partial charge in [-0.25, -0.2) is 4.98 Å². The molecule has 0 aromatic carbocycles. The number of carbonyl (C=O) groups excluding carboxylic acids is 3. The minimum absolute atomic E-state index is 0.0222. The molecule has 3 amide bonds. The fourth-order valence-corrected chi connectivity index (χ4v) is 3.96. The van der Waals surface area contributed by atoms with Crippen LogP contribution in [0.2, 0.25) is 0 Å². The first kappa shape index (κ1) is 17.8. The zero-order chi connectivity index (χ0) is 18.9. The molecule has 2 saturated heterocycles. The van der Waals surface area contributed by atoms with Crippen LogP contribution in [0.1, 0.15) is 12.8 Å². The van der Waals surface area contributed by atoms with Crippen molar-refractivity contribution in [1.29, 1.82) is 0 Å². The van der Waals surface area contributed by atoms with Gasteiger partial charge >= 0.3 is 0 Å². The quantitative estimate of drug-likeness (QED) is 0.542. The lowest BCUT2D eigenvalue weighted by Gasteiger charge is -2.39. The third-order valence-corrected chi connectivity index (χ3v) is 5.86. The van der Waals surface area contributed by atoms with Crippen molar-refractivity contribution >= 4 is 24.0 Å². The van der Waals surface area contributed by atoms with E-state index in [4.69, 9.17) is 0 Å². The number of pyridine rings is 1. The Hall–Kier alpha value is -2.64. The summed E-state index contributed by atoms with van der Waals surface area (Å²) in [5, 5.41) is 0. The lowest BCUT2D eigenvalue weighted by Crippen LogP contribution is -2.56. The SMILES string of the molecule is O=CN1CCN(C(=O)C2(C(=O)N3CCN(c4ccccn4)CC3)CC2)CC1. The fraction of sp³-hybridized carbons (Fsp3) is 0.579. The van der Waals surface area contributed by atoms with Crippen molar-refractivity contribution in [2.24, 2.45) is 5.41 Å². The van der Waals surface area contributed by atoms with Gasteiger partial charge in [0.2, 0.25) is 18.2 Å². The number of rotatable bonds is 4. The van der Waals surface area contributed by atoms with Crippen molar-refractivity contribution in [2.45, 2.75) is 12.8 Å². The lowest BCUT2D eigenvalue weighted by molar-refractivity contribution is -0.151. The van der Waals surface area contributed by atoms with E-state index < -0.39 is 5.41 Å². The zero-order valence-corrected chi connectivity index (χ0v) is 15.4. The molecule has 1 aromatic rings. The van der Waals surface area contributed by atoms with Crippen molar-refractivity contribution in [3.05, 3.63) is 24.4 Å². The van der Waals surface area contributed by atoms with Gasteiger partial charge in [-0.3, -0.25) is 14.4 Å². The van der Waals surface area contributed by atoms with Crippen LogP contribution in [0.3, 0.4) is 0 Å². The van der Waals surface area contributed by atoms with Gasteiger partial charge < -0.3 is 19.6 Å². The van der Waals surface area contributed by atoms with E-state index in [1.807, 2.05) is 23.1 Å². The molecule has 0 N–H and O–H groups in total. The molecule has 3 fully saturated rings. The summed E-state index contributed by atoms with van der Waals surface area (Å²) in [4.78, 5) is 48.8. The van der Waals surface area contributed by atoms with E-state index in [0.717, 1.165) is 25.3 Å². The lowest BCUT2D eigenvalue weighted by atomic mass is 10.0. The molecule has 27 heavy (non-hydrogen) atoms. The first-order valence-electron chi connectivity index (χ1n) is 9.58. The Morgan fingerprint density at radius 2 is 1.48 bits per heavy atom. The molecule has 8 nitrogen and oxygen atoms in total. The van der Waals surface area contributed by atoms with Gasteiger partial charge in [0.05, 0.1) is 0 Å². The summed E-state index contributed by atoms with van der Waals surface area (Å²) in [7, 11) is 0. The Bertz CT molecular complexity index is 705. The van der Waals surface area contributed by atoms with Crippen LogP contribution >= 0.6 is 0 Å². The summed E-state index contributed by atoms with van der Waals surface area (Å²) in [6, 6.07) is 5.82. The molecule has 0 spiro atoms. The second-order valence-electron chi connectivity index (χ2n) is 7.48. The average molecular weight is 371 g/mol. The molecule has 1 aromatic heterocycles. The molecule has 3 heterocycles. The number of piperazine rings is 2. The third-order valence-electron chi connectivity index (χ3n) is 5.86. The smallest absolute Gasteiger partial charge is 0.238 e. The predicted octanol–water partition coefficient (Wildman–Crippen LogP) is -0.189. The van der Waals surface area contributed by atoms with Crippen LogP contribution in [-0.4, -0.2) is 90.3 Å². The Balaban J connectivity index is 1.35. The van der Waals surface area contributed by atoms with Crippen molar-refractivity contribution in [3.8, 4) is 0 Å². The van der Waals surface area contributed by atoms with Crippen LogP contribution in [0.4, 0.5) is 5.82 Å². The summed E-state index contributed by atoms with van der Waals surface area (Å²) in [5.41, 5.74) is -0.851. The van der Waals surface area contributed by atoms with Crippen molar-refractivity contribution < 1.29 is 14.4 Å². The van der Waals surface area contributed by atoms with E-state index in [1.165, 1.54) is 0 Å². The largest absolute Gasteiger partial charge is 0.353 e. The summed E-state index contributed by atoms with van der Waals surface area (Å²) >= 11 is 0. The molecule has 0 radical (unpaired) electrons. The maximum absolute atomic E-state index is 13.1. The van der Waals surface area contributed by atoms with E-state index in [9.17, 15) is 14.4 Å². The third kappa shape index (κ3) is 3.36. The molecular formula is C19H25N5O3. The van der Waals surface area contributed by atoms with Gasteiger partial charge in [0.1, 0.15) is 11.2 Å². The van der Waals surface area contributed by atoms with Crippen LogP contribution in [0.5, 0.6) is 0 Å². The second kappa shape index (κ2) is 7.17. The van der Waals surface area contributed by atoms with E-state index in [-0.39, 0.29) is 11.8 Å². The molecule has 1 aliphatic carbocycles. The van der Waals surface area contributed by atoms with Gasteiger partial charge in [0.15, 0.2) is 0 Å². The maximum Gasteiger partial charge on any atom is 0.238 e. The first-order valence-corrected chi connectivity index (χ1v) is 9.58. The van der Waals surface area contributed by atoms with E-state index in [2.05, 4.69) is 9.88 Å². The summed E-state index contributed by atoms with van der Waals surface area (Å²) in [5.74, 6) is 0.853. The van der Waals surface area contributed by atoms with E-state index >= 15 is 0 Å². The number of nitrogens with zero attached hydrogens (tertiary/aromatic N) is 5. The monoisotopic (exact) mass is 371 g/mol. The highest BCUT2D eigenvalue weighted by Crippen LogP contribution is 2.49. The van der Waals surface area contributed by atoms with Crippen molar-refractivity contribution in [2.75, 3.05) is 57.3 Å². The zero-order valence-electron chi connectivity index (χ0n) is 15.4. The molecule has 0 atom stereocenters. The van der Waals surface area contributed by atoms with Crippen LogP contribution in [0.25, 0.3) is 0 Å². The Kier molecular flexibility index (Phi) is 4.72. The fourth-order valence-electron chi connectivity index (χ4n) is 3.96. The number of amides is 3. The van der Waals surface area contributed by atoms with Gasteiger partial charge in [0.25, 0.3) is 0 Å². The average Bonchev–Trinajstić information content (AvgIpc) is 3.55. The van der Waals surface area contributed by atoms with Gasteiger partial charge in [-0.15, -0.1) is 0 Å². The topological polar surface area (TPSA) is 77.1 Å². The molecular weight excluding hydrogens is 346 g/mol. The van der Waals surface area contributed by atoms with Gasteiger partial charge in [-0.2, -0.15) is 0 Å². The Morgan fingerprint density at radius 1 is 0.889 bits per heavy atom. The van der Waals surface area contributed by atoms with Gasteiger partial charge in [-0.1, -0.05) is 6.07 Å². The number of hydrogen-bond donors (Lipinski definition) is 0. The number of carbonyl (C=O) groups is 3. The van der Waals surface area contributed by atoms with Crippen LogP contribution < -0.4 is 4.90 Å². The van der Waals surface area contributed by atoms with Gasteiger partial charge in [-0.05, 0) is 25.0 Å². The molecule has 0 bridgehead atoms. The molecule has 0 unspecified atom stereocenters. The summed E-state index contributed by atoms with van der Waals surface area (Å²) in [6.45, 7) is 4.80. The molecule has 3 aliphatic rings. The highest BCUT2D eigenvalue weighted by molar-refractivity contribution is 6.08. The molecule has 144 valence electrons. The number of anilines is 1. The summed E-state index contributed by atoms with van der Waals surface area (Å²) in [6.07, 6.45) is 3.87. The predicted molar refractivity (Wildman–Crippen MR) is 98.9 cm³/mol. The minimum Gasteiger partial charge on any atom is -0.353 e. The normalized spacial score (nSPS) is 21.8. The van der Waals surface area contributed by atoms with Crippen molar-refractivity contribution in [3.63, 3.8) is 0 Å². The van der Waals surface area contributed by atoms with Crippen LogP contribution in [-0.2, 0) is 14.4 Å². The minimum atomic E-state index is -0.851. The van der Waals surface area contributed by atoms with Crippen molar-refractivity contribution in [1.82, 2.24) is 19.7 Å². The maximum atomic E-state index is 13.1. The summed E-state index contributed by atoms with van der Waals surface area (Å²) < 4.78 is 0. The Labute approximate surface area is 158 Å². The number of aromatic nitrogens is 1. The molecule has 8 heteroatoms. The Morgan fingerprint density at radius 3 is 1.96 bits per heavy atom. The highest BCUT2D eigenvalue weighted by Gasteiger charge is 2.59. The second-order valence-corrected chi connectivity index (χ2v) is 7.48. The van der Waals surface area contributed by atoms with E-state index in [0.29, 0.717) is 52.1 Å². The molecule has 2 aliphatic heterocycles. The van der Waals surface area contributed by atoms with E-state index in [1.54, 1.807) is 16.0 Å². The molecule has 4 rings (SSSR count). The first-order chi connectivity index (χ1) is 13.1. The number of hydrogen-bond acceptors (Lipinski definition) is 5.